The third kappa shape index (κ3) is 2.12. The van der Waals surface area contributed by atoms with Gasteiger partial charge in [-0.1, -0.05) is 23.7 Å². The largest absolute Gasteiger partial charge is 0.436 e. The number of nitrogens with zero attached hydrogens (tertiary/aromatic N) is 3. The number of rotatable bonds is 2. The minimum Gasteiger partial charge on any atom is -0.239 e. The third-order valence-electron chi connectivity index (χ3n) is 1.40. The van der Waals surface area contributed by atoms with Crippen LogP contribution in [0.1, 0.15) is 19.0 Å². The predicted molar refractivity (Wildman–Crippen MR) is 40.3 cm³/mol. The van der Waals surface area contributed by atoms with Gasteiger partial charge < -0.3 is 0 Å². The van der Waals surface area contributed by atoms with E-state index in [1.54, 1.807) is 6.92 Å². The minimum atomic E-state index is -4.49. The average Bonchev–Trinajstić information content (AvgIpc) is 2.31. The van der Waals surface area contributed by atoms with Crippen LogP contribution < -0.4 is 0 Å². The maximum Gasteiger partial charge on any atom is 0.436 e. The van der Waals surface area contributed by atoms with Crippen molar-refractivity contribution in [1.82, 2.24) is 15.0 Å². The Morgan fingerprint density at radius 2 is 2.08 bits per heavy atom. The van der Waals surface area contributed by atoms with Crippen LogP contribution in [-0.4, -0.2) is 15.0 Å². The van der Waals surface area contributed by atoms with Crippen molar-refractivity contribution in [2.24, 2.45) is 0 Å². The highest BCUT2D eigenvalue weighted by Gasteiger charge is 2.38. The van der Waals surface area contributed by atoms with Crippen LogP contribution in [0.2, 0.25) is 5.15 Å². The summed E-state index contributed by atoms with van der Waals surface area (Å²) in [6.45, 7) is 1.91. The van der Waals surface area contributed by atoms with Crippen molar-refractivity contribution >= 4 is 11.6 Å². The first-order valence-corrected chi connectivity index (χ1v) is 4.00. The second kappa shape index (κ2) is 3.53. The number of aryl methyl sites for hydroxylation is 1. The number of aromatic nitrogens is 3. The van der Waals surface area contributed by atoms with Crippen LogP contribution in [-0.2, 0) is 12.7 Å². The van der Waals surface area contributed by atoms with E-state index < -0.39 is 17.0 Å². The van der Waals surface area contributed by atoms with Crippen molar-refractivity contribution in [3.8, 4) is 0 Å². The normalized spacial score (nSPS) is 12.1. The molecule has 0 saturated heterocycles. The molecule has 0 amide bonds. The van der Waals surface area contributed by atoms with E-state index in [0.717, 1.165) is 4.68 Å². The summed E-state index contributed by atoms with van der Waals surface area (Å²) in [5.41, 5.74) is -0.976. The van der Waals surface area contributed by atoms with E-state index in [0.29, 0.717) is 6.42 Å². The van der Waals surface area contributed by atoms with E-state index in [9.17, 15) is 13.2 Å². The first-order valence-electron chi connectivity index (χ1n) is 3.63. The molecule has 13 heavy (non-hydrogen) atoms. The highest BCUT2D eigenvalue weighted by atomic mass is 35.5. The predicted octanol–water partition coefficient (Wildman–Crippen LogP) is 2.36. The summed E-state index contributed by atoms with van der Waals surface area (Å²) in [5, 5.41) is 5.85. The quantitative estimate of drug-likeness (QED) is 0.755. The summed E-state index contributed by atoms with van der Waals surface area (Å²) in [7, 11) is 0. The fourth-order valence-corrected chi connectivity index (χ4v) is 1.16. The zero-order valence-corrected chi connectivity index (χ0v) is 7.52. The SMILES string of the molecule is CCCn1nnc(Cl)c1C(F)(F)F. The molecule has 0 aliphatic carbocycles. The molecular formula is C6H7ClF3N3. The van der Waals surface area contributed by atoms with E-state index in [-0.39, 0.29) is 6.54 Å². The average molecular weight is 214 g/mol. The lowest BCUT2D eigenvalue weighted by Gasteiger charge is -2.07. The molecule has 0 aliphatic heterocycles. The molecule has 0 aliphatic rings. The molecule has 0 saturated carbocycles. The van der Waals surface area contributed by atoms with Crippen molar-refractivity contribution in [2.75, 3.05) is 0 Å². The van der Waals surface area contributed by atoms with Crippen molar-refractivity contribution in [1.29, 1.82) is 0 Å². The zero-order chi connectivity index (χ0) is 10.1. The van der Waals surface area contributed by atoms with E-state index in [1.165, 1.54) is 0 Å². The molecule has 0 fully saturated rings. The van der Waals surface area contributed by atoms with Gasteiger partial charge in [0.25, 0.3) is 0 Å². The number of alkyl halides is 3. The van der Waals surface area contributed by atoms with Crippen LogP contribution in [0.3, 0.4) is 0 Å². The molecule has 74 valence electrons. The molecule has 0 aromatic carbocycles. The molecule has 1 rings (SSSR count). The zero-order valence-electron chi connectivity index (χ0n) is 6.77. The van der Waals surface area contributed by atoms with Gasteiger partial charge in [-0.3, -0.25) is 0 Å². The number of hydrogen-bond acceptors (Lipinski definition) is 2. The van der Waals surface area contributed by atoms with Crippen molar-refractivity contribution in [2.45, 2.75) is 26.1 Å². The van der Waals surface area contributed by atoms with Gasteiger partial charge in [-0.2, -0.15) is 13.2 Å². The molecule has 7 heteroatoms. The molecule has 1 heterocycles. The van der Waals surface area contributed by atoms with Crippen LogP contribution in [0.4, 0.5) is 13.2 Å². The molecular weight excluding hydrogens is 207 g/mol. The Morgan fingerprint density at radius 3 is 2.54 bits per heavy atom. The van der Waals surface area contributed by atoms with Crippen LogP contribution in [0.5, 0.6) is 0 Å². The topological polar surface area (TPSA) is 30.7 Å². The minimum absolute atomic E-state index is 0.161. The molecule has 0 bridgehead atoms. The molecule has 0 radical (unpaired) electrons. The Morgan fingerprint density at radius 1 is 1.46 bits per heavy atom. The van der Waals surface area contributed by atoms with Gasteiger partial charge in [0.15, 0.2) is 10.8 Å². The second-order valence-electron chi connectivity index (χ2n) is 2.45. The van der Waals surface area contributed by atoms with Gasteiger partial charge in [0.2, 0.25) is 0 Å². The molecule has 1 aromatic heterocycles. The molecule has 0 unspecified atom stereocenters. The van der Waals surface area contributed by atoms with E-state index >= 15 is 0 Å². The van der Waals surface area contributed by atoms with Crippen LogP contribution in [0.25, 0.3) is 0 Å². The Bertz CT molecular complexity index is 294. The molecule has 0 N–H and O–H groups in total. The summed E-state index contributed by atoms with van der Waals surface area (Å²) in [6, 6.07) is 0. The third-order valence-corrected chi connectivity index (χ3v) is 1.65. The molecule has 3 nitrogen and oxygen atoms in total. The van der Waals surface area contributed by atoms with E-state index in [2.05, 4.69) is 10.3 Å². The van der Waals surface area contributed by atoms with Gasteiger partial charge in [-0.05, 0) is 6.42 Å². The van der Waals surface area contributed by atoms with E-state index in [1.807, 2.05) is 0 Å². The highest BCUT2D eigenvalue weighted by molar-refractivity contribution is 6.30. The van der Waals surface area contributed by atoms with Crippen molar-refractivity contribution in [3.63, 3.8) is 0 Å². The first kappa shape index (κ1) is 10.3. The maximum absolute atomic E-state index is 12.3. The molecule has 0 spiro atoms. The maximum atomic E-state index is 12.3. The van der Waals surface area contributed by atoms with Gasteiger partial charge in [-0.15, -0.1) is 5.10 Å². The number of halogens is 4. The van der Waals surface area contributed by atoms with Crippen LogP contribution >= 0.6 is 11.6 Å². The summed E-state index contributed by atoms with van der Waals surface area (Å²) < 4.78 is 37.6. The fourth-order valence-electron chi connectivity index (χ4n) is 0.923. The Hall–Kier alpha value is -0.780. The standard InChI is InChI=1S/C6H7ClF3N3/c1-2-3-13-4(6(8,9)10)5(7)11-12-13/h2-3H2,1H3. The summed E-state index contributed by atoms with van der Waals surface area (Å²) in [6.07, 6.45) is -3.95. The Balaban J connectivity index is 3.09. The van der Waals surface area contributed by atoms with Crippen LogP contribution in [0.15, 0.2) is 0 Å². The van der Waals surface area contributed by atoms with E-state index in [4.69, 9.17) is 11.6 Å². The summed E-state index contributed by atoms with van der Waals surface area (Å²) in [5.74, 6) is 0. The second-order valence-corrected chi connectivity index (χ2v) is 2.81. The monoisotopic (exact) mass is 213 g/mol. The first-order chi connectivity index (χ1) is 5.96. The summed E-state index contributed by atoms with van der Waals surface area (Å²) in [4.78, 5) is 0. The van der Waals surface area contributed by atoms with Gasteiger partial charge in [0.05, 0.1) is 0 Å². The summed E-state index contributed by atoms with van der Waals surface area (Å²) >= 11 is 5.25. The Labute approximate surface area is 77.5 Å². The van der Waals surface area contributed by atoms with Gasteiger partial charge in [0.1, 0.15) is 0 Å². The highest BCUT2D eigenvalue weighted by Crippen LogP contribution is 2.33. The fraction of sp³-hybridized carbons (Fsp3) is 0.667. The number of hydrogen-bond donors (Lipinski definition) is 0. The lowest BCUT2D eigenvalue weighted by atomic mass is 10.4. The van der Waals surface area contributed by atoms with Gasteiger partial charge >= 0.3 is 6.18 Å². The van der Waals surface area contributed by atoms with Gasteiger partial charge in [-0.25, -0.2) is 4.68 Å². The Kier molecular flexibility index (Phi) is 2.80. The lowest BCUT2D eigenvalue weighted by Crippen LogP contribution is -2.15. The molecule has 1 aromatic rings. The van der Waals surface area contributed by atoms with Crippen LogP contribution in [0, 0.1) is 0 Å². The van der Waals surface area contributed by atoms with Crippen molar-refractivity contribution in [3.05, 3.63) is 10.8 Å². The molecule has 0 atom stereocenters. The lowest BCUT2D eigenvalue weighted by molar-refractivity contribution is -0.144. The van der Waals surface area contributed by atoms with Crippen molar-refractivity contribution < 1.29 is 13.2 Å². The van der Waals surface area contributed by atoms with Gasteiger partial charge in [0, 0.05) is 6.54 Å². The smallest absolute Gasteiger partial charge is 0.239 e.